The highest BCUT2D eigenvalue weighted by Gasteiger charge is 2.09. The fraction of sp³-hybridized carbons (Fsp3) is 0.588. The molecule has 0 saturated carbocycles. The van der Waals surface area contributed by atoms with Crippen LogP contribution >= 0.6 is 11.6 Å². The lowest BCUT2D eigenvalue weighted by Gasteiger charge is -2.18. The van der Waals surface area contributed by atoms with Gasteiger partial charge in [-0.05, 0) is 36.5 Å². The van der Waals surface area contributed by atoms with Crippen LogP contribution in [0.25, 0.3) is 0 Å². The van der Waals surface area contributed by atoms with Gasteiger partial charge in [0, 0.05) is 25.9 Å². The van der Waals surface area contributed by atoms with Gasteiger partial charge in [0.2, 0.25) is 5.91 Å². The van der Waals surface area contributed by atoms with E-state index in [-0.39, 0.29) is 5.91 Å². The minimum atomic E-state index is 0.0865. The molecule has 0 unspecified atom stereocenters. The minimum Gasteiger partial charge on any atom is -0.493 e. The van der Waals surface area contributed by atoms with E-state index in [4.69, 9.17) is 16.3 Å². The predicted molar refractivity (Wildman–Crippen MR) is 88.4 cm³/mol. The molecule has 0 aliphatic carbocycles. The smallest absolute Gasteiger partial charge is 0.223 e. The second kappa shape index (κ2) is 8.93. The molecule has 118 valence electrons. The maximum atomic E-state index is 11.6. The second-order valence-corrected chi connectivity index (χ2v) is 6.03. The molecule has 0 bridgehead atoms. The molecule has 0 fully saturated rings. The van der Waals surface area contributed by atoms with Crippen LogP contribution in [0.2, 0.25) is 0 Å². The number of ether oxygens (including phenoxy) is 1. The lowest BCUT2D eigenvalue weighted by atomic mass is 10.0. The van der Waals surface area contributed by atoms with Crippen LogP contribution in [0.4, 0.5) is 0 Å². The van der Waals surface area contributed by atoms with Gasteiger partial charge < -0.3 is 9.64 Å². The molecule has 21 heavy (non-hydrogen) atoms. The number of amides is 1. The van der Waals surface area contributed by atoms with Gasteiger partial charge >= 0.3 is 0 Å². The van der Waals surface area contributed by atoms with Crippen LogP contribution in [0, 0.1) is 6.92 Å². The zero-order valence-corrected chi connectivity index (χ0v) is 14.2. The third kappa shape index (κ3) is 5.96. The number of nitrogens with zero attached hydrogens (tertiary/aromatic N) is 1. The topological polar surface area (TPSA) is 29.5 Å². The summed E-state index contributed by atoms with van der Waals surface area (Å²) < 4.78 is 5.91. The number of rotatable bonds is 8. The fourth-order valence-electron chi connectivity index (χ4n) is 2.12. The SMILES string of the molecule is Cc1ccc(C(C)C)c(OCCCN(C)C(=O)CCCl)c1. The van der Waals surface area contributed by atoms with Gasteiger partial charge in [-0.25, -0.2) is 0 Å². The molecular formula is C17H26ClNO2. The Balaban J connectivity index is 2.46. The van der Waals surface area contributed by atoms with E-state index < -0.39 is 0 Å². The van der Waals surface area contributed by atoms with Gasteiger partial charge in [0.15, 0.2) is 0 Å². The summed E-state index contributed by atoms with van der Waals surface area (Å²) in [5.74, 6) is 1.86. The molecule has 1 aromatic rings. The van der Waals surface area contributed by atoms with E-state index in [1.165, 1.54) is 11.1 Å². The quantitative estimate of drug-likeness (QED) is 0.537. The van der Waals surface area contributed by atoms with Crippen LogP contribution in [0.5, 0.6) is 5.75 Å². The van der Waals surface area contributed by atoms with Crippen LogP contribution < -0.4 is 4.74 Å². The summed E-state index contributed by atoms with van der Waals surface area (Å²) in [5.41, 5.74) is 2.43. The van der Waals surface area contributed by atoms with E-state index in [0.717, 1.165) is 12.2 Å². The summed E-state index contributed by atoms with van der Waals surface area (Å²) in [6.07, 6.45) is 1.21. The number of aryl methyl sites for hydroxylation is 1. The molecule has 1 amide bonds. The third-order valence-corrected chi connectivity index (χ3v) is 3.61. The Kier molecular flexibility index (Phi) is 7.58. The summed E-state index contributed by atoms with van der Waals surface area (Å²) in [4.78, 5) is 13.3. The summed E-state index contributed by atoms with van der Waals surface area (Å²) in [7, 11) is 1.81. The van der Waals surface area contributed by atoms with Gasteiger partial charge in [-0.3, -0.25) is 4.79 Å². The summed E-state index contributed by atoms with van der Waals surface area (Å²) >= 11 is 5.57. The molecule has 0 aliphatic rings. The van der Waals surface area contributed by atoms with Crippen LogP contribution in [0.15, 0.2) is 18.2 Å². The largest absolute Gasteiger partial charge is 0.493 e. The van der Waals surface area contributed by atoms with Gasteiger partial charge in [-0.2, -0.15) is 0 Å². The van der Waals surface area contributed by atoms with Gasteiger partial charge in [0.25, 0.3) is 0 Å². The van der Waals surface area contributed by atoms with Gasteiger partial charge in [-0.15, -0.1) is 11.6 Å². The average Bonchev–Trinajstić information content (AvgIpc) is 2.43. The van der Waals surface area contributed by atoms with Crippen molar-refractivity contribution in [1.82, 2.24) is 4.90 Å². The highest BCUT2D eigenvalue weighted by molar-refractivity contribution is 6.18. The number of hydrogen-bond acceptors (Lipinski definition) is 2. The third-order valence-electron chi connectivity index (χ3n) is 3.42. The molecule has 0 atom stereocenters. The highest BCUT2D eigenvalue weighted by atomic mass is 35.5. The summed E-state index contributed by atoms with van der Waals surface area (Å²) in [5, 5.41) is 0. The lowest BCUT2D eigenvalue weighted by Crippen LogP contribution is -2.28. The Labute approximate surface area is 133 Å². The average molecular weight is 312 g/mol. The number of carbonyl (C=O) groups is 1. The van der Waals surface area contributed by atoms with Crippen molar-refractivity contribution in [3.8, 4) is 5.75 Å². The Bertz CT molecular complexity index is 460. The van der Waals surface area contributed by atoms with Crippen molar-refractivity contribution in [1.29, 1.82) is 0 Å². The molecule has 1 aromatic carbocycles. The number of benzene rings is 1. The van der Waals surface area contributed by atoms with Gasteiger partial charge in [-0.1, -0.05) is 26.0 Å². The number of carbonyl (C=O) groups excluding carboxylic acids is 1. The Hall–Kier alpha value is -1.22. The molecule has 4 heteroatoms. The van der Waals surface area contributed by atoms with Gasteiger partial charge in [0.1, 0.15) is 5.75 Å². The molecule has 0 heterocycles. The van der Waals surface area contributed by atoms with E-state index in [1.807, 2.05) is 0 Å². The lowest BCUT2D eigenvalue weighted by molar-refractivity contribution is -0.129. The first-order valence-corrected chi connectivity index (χ1v) is 8.02. The van der Waals surface area contributed by atoms with Crippen molar-refractivity contribution >= 4 is 17.5 Å². The van der Waals surface area contributed by atoms with Crippen LogP contribution in [0.3, 0.4) is 0 Å². The molecule has 1 rings (SSSR count). The standard InChI is InChI=1S/C17H26ClNO2/c1-13(2)15-7-6-14(3)12-16(15)21-11-5-10-19(4)17(20)8-9-18/h6-7,12-13H,5,8-11H2,1-4H3. The molecule has 0 radical (unpaired) electrons. The first kappa shape index (κ1) is 17.8. The van der Waals surface area contributed by atoms with E-state index >= 15 is 0 Å². The first-order valence-electron chi connectivity index (χ1n) is 7.49. The number of alkyl halides is 1. The zero-order chi connectivity index (χ0) is 15.8. The molecule has 0 aromatic heterocycles. The monoisotopic (exact) mass is 311 g/mol. The molecule has 3 nitrogen and oxygen atoms in total. The van der Waals surface area contributed by atoms with E-state index in [2.05, 4.69) is 39.0 Å². The van der Waals surface area contributed by atoms with Crippen molar-refractivity contribution in [3.63, 3.8) is 0 Å². The molecule has 0 aliphatic heterocycles. The highest BCUT2D eigenvalue weighted by Crippen LogP contribution is 2.27. The fourth-order valence-corrected chi connectivity index (χ4v) is 2.29. The van der Waals surface area contributed by atoms with Crippen LogP contribution in [-0.4, -0.2) is 36.9 Å². The Morgan fingerprint density at radius 1 is 1.38 bits per heavy atom. The van der Waals surface area contributed by atoms with Crippen molar-refractivity contribution in [2.75, 3.05) is 26.1 Å². The zero-order valence-electron chi connectivity index (χ0n) is 13.5. The van der Waals surface area contributed by atoms with E-state index in [1.54, 1.807) is 11.9 Å². The molecule has 0 spiro atoms. The molecule has 0 saturated heterocycles. The van der Waals surface area contributed by atoms with Crippen molar-refractivity contribution in [2.45, 2.75) is 39.5 Å². The van der Waals surface area contributed by atoms with E-state index in [9.17, 15) is 4.79 Å². The maximum absolute atomic E-state index is 11.6. The maximum Gasteiger partial charge on any atom is 0.223 e. The van der Waals surface area contributed by atoms with Crippen molar-refractivity contribution in [2.24, 2.45) is 0 Å². The summed E-state index contributed by atoms with van der Waals surface area (Å²) in [6.45, 7) is 7.70. The minimum absolute atomic E-state index is 0.0865. The molecular weight excluding hydrogens is 286 g/mol. The Morgan fingerprint density at radius 2 is 2.10 bits per heavy atom. The second-order valence-electron chi connectivity index (χ2n) is 5.65. The van der Waals surface area contributed by atoms with Crippen LogP contribution in [0.1, 0.15) is 43.7 Å². The Morgan fingerprint density at radius 3 is 2.71 bits per heavy atom. The van der Waals surface area contributed by atoms with Crippen molar-refractivity contribution in [3.05, 3.63) is 29.3 Å². The normalized spacial score (nSPS) is 10.8. The summed E-state index contributed by atoms with van der Waals surface area (Å²) in [6, 6.07) is 6.32. The number of halogens is 1. The van der Waals surface area contributed by atoms with Crippen molar-refractivity contribution < 1.29 is 9.53 Å². The van der Waals surface area contributed by atoms with Gasteiger partial charge in [0.05, 0.1) is 6.61 Å². The molecule has 0 N–H and O–H groups in total. The number of hydrogen-bond donors (Lipinski definition) is 0. The van der Waals surface area contributed by atoms with E-state index in [0.29, 0.717) is 31.4 Å². The first-order chi connectivity index (χ1) is 9.95. The van der Waals surface area contributed by atoms with Crippen LogP contribution in [-0.2, 0) is 4.79 Å². The predicted octanol–water partition coefficient (Wildman–Crippen LogP) is 3.97.